The Hall–Kier alpha value is -3.67. The number of fused-ring (bicyclic) bond motifs is 1. The number of carbonyl (C=O) groups excluding carboxylic acids is 3. The van der Waals surface area contributed by atoms with Gasteiger partial charge in [0.1, 0.15) is 17.6 Å². The molecule has 2 atom stereocenters. The van der Waals surface area contributed by atoms with E-state index >= 15 is 0 Å². The molecule has 4 rings (SSSR count). The maximum absolute atomic E-state index is 13.3. The van der Waals surface area contributed by atoms with Gasteiger partial charge in [0.05, 0.1) is 0 Å². The minimum absolute atomic E-state index is 0.186. The Bertz CT molecular complexity index is 1180. The summed E-state index contributed by atoms with van der Waals surface area (Å²) in [6.07, 6.45) is 0. The molecule has 170 valence electrons. The van der Waals surface area contributed by atoms with Gasteiger partial charge < -0.3 is 15.0 Å². The summed E-state index contributed by atoms with van der Waals surface area (Å²) in [6, 6.07) is 21.7. The van der Waals surface area contributed by atoms with Gasteiger partial charge in [-0.05, 0) is 49.2 Å². The number of carbonyl (C=O) groups is 3. The molecule has 0 unspecified atom stereocenters. The van der Waals surface area contributed by atoms with Crippen molar-refractivity contribution >= 4 is 28.6 Å². The predicted octanol–water partition coefficient (Wildman–Crippen LogP) is 3.94. The van der Waals surface area contributed by atoms with E-state index in [9.17, 15) is 14.4 Å². The highest BCUT2D eigenvalue weighted by Crippen LogP contribution is 2.25. The van der Waals surface area contributed by atoms with Crippen molar-refractivity contribution in [2.75, 3.05) is 6.54 Å². The first kappa shape index (κ1) is 22.5. The first-order chi connectivity index (χ1) is 15.7. The number of nitrogens with zero attached hydrogens (tertiary/aromatic N) is 1. The monoisotopic (exact) mass is 444 g/mol. The average molecular weight is 445 g/mol. The molecule has 1 fully saturated rings. The van der Waals surface area contributed by atoms with Crippen LogP contribution in [-0.2, 0) is 20.9 Å². The van der Waals surface area contributed by atoms with E-state index in [-0.39, 0.29) is 12.5 Å². The quantitative estimate of drug-likeness (QED) is 0.605. The molecule has 1 aliphatic rings. The van der Waals surface area contributed by atoms with E-state index in [4.69, 9.17) is 4.74 Å². The normalized spacial score (nSPS) is 18.4. The minimum Gasteiger partial charge on any atom is -0.460 e. The van der Waals surface area contributed by atoms with E-state index in [1.54, 1.807) is 37.8 Å². The summed E-state index contributed by atoms with van der Waals surface area (Å²) in [5, 5.41) is 4.76. The fraction of sp³-hybridized carbons (Fsp3) is 0.296. The van der Waals surface area contributed by atoms with Crippen molar-refractivity contribution in [3.63, 3.8) is 0 Å². The fourth-order valence-corrected chi connectivity index (χ4v) is 4.05. The summed E-state index contributed by atoms with van der Waals surface area (Å²) in [4.78, 5) is 40.9. The zero-order chi connectivity index (χ0) is 23.6. The van der Waals surface area contributed by atoms with Crippen LogP contribution in [0.25, 0.3) is 10.8 Å². The van der Waals surface area contributed by atoms with Crippen molar-refractivity contribution in [2.24, 2.45) is 5.92 Å². The number of nitrogens with one attached hydrogen (secondary N) is 1. The van der Waals surface area contributed by atoms with Crippen LogP contribution in [0.3, 0.4) is 0 Å². The second kappa shape index (κ2) is 9.06. The summed E-state index contributed by atoms with van der Waals surface area (Å²) in [5.74, 6) is -1.96. The van der Waals surface area contributed by atoms with E-state index in [0.29, 0.717) is 12.1 Å². The lowest BCUT2D eigenvalue weighted by Gasteiger charge is -2.24. The molecular weight excluding hydrogens is 416 g/mol. The molecule has 2 amide bonds. The number of likely N-dealkylation sites (tertiary alicyclic amines) is 1. The van der Waals surface area contributed by atoms with Gasteiger partial charge in [0, 0.05) is 18.7 Å². The zero-order valence-electron chi connectivity index (χ0n) is 19.1. The van der Waals surface area contributed by atoms with Gasteiger partial charge in [-0.3, -0.25) is 14.4 Å². The van der Waals surface area contributed by atoms with E-state index in [1.807, 2.05) is 60.7 Å². The highest BCUT2D eigenvalue weighted by Gasteiger charge is 2.46. The number of esters is 1. The molecule has 1 saturated heterocycles. The van der Waals surface area contributed by atoms with Crippen LogP contribution in [0.5, 0.6) is 0 Å². The SMILES string of the molecule is CC(C)(C)OC(=O)[C@H]1CN(Cc2ccccc2)C(=O)[C@H]1NC(=O)c1ccc2ccccc2c1. The van der Waals surface area contributed by atoms with E-state index < -0.39 is 29.4 Å². The van der Waals surface area contributed by atoms with Gasteiger partial charge in [-0.25, -0.2) is 0 Å². The Morgan fingerprint density at radius 1 is 0.970 bits per heavy atom. The third kappa shape index (κ3) is 5.22. The first-order valence-electron chi connectivity index (χ1n) is 11.1. The molecule has 1 aliphatic heterocycles. The summed E-state index contributed by atoms with van der Waals surface area (Å²) >= 11 is 0. The van der Waals surface area contributed by atoms with Gasteiger partial charge >= 0.3 is 5.97 Å². The largest absolute Gasteiger partial charge is 0.460 e. The molecule has 0 bridgehead atoms. The maximum Gasteiger partial charge on any atom is 0.313 e. The van der Waals surface area contributed by atoms with E-state index in [0.717, 1.165) is 16.3 Å². The lowest BCUT2D eigenvalue weighted by atomic mass is 10.0. The predicted molar refractivity (Wildman–Crippen MR) is 126 cm³/mol. The number of hydrogen-bond donors (Lipinski definition) is 1. The molecule has 33 heavy (non-hydrogen) atoms. The number of benzene rings is 3. The average Bonchev–Trinajstić information content (AvgIpc) is 3.08. The van der Waals surface area contributed by atoms with Gasteiger partial charge in [-0.15, -0.1) is 0 Å². The molecule has 0 aliphatic carbocycles. The molecule has 1 heterocycles. The molecule has 0 aromatic heterocycles. The Kier molecular flexibility index (Phi) is 6.18. The van der Waals surface area contributed by atoms with Crippen molar-refractivity contribution in [1.82, 2.24) is 10.2 Å². The Labute approximate surface area is 193 Å². The Balaban J connectivity index is 1.57. The summed E-state index contributed by atoms with van der Waals surface area (Å²) in [5.41, 5.74) is 0.695. The molecule has 1 N–H and O–H groups in total. The second-order valence-electron chi connectivity index (χ2n) is 9.36. The van der Waals surface area contributed by atoms with Crippen molar-refractivity contribution in [3.05, 3.63) is 83.9 Å². The summed E-state index contributed by atoms with van der Waals surface area (Å²) in [6.45, 7) is 5.90. The van der Waals surface area contributed by atoms with E-state index in [1.165, 1.54) is 0 Å². The van der Waals surface area contributed by atoms with Gasteiger partial charge in [-0.1, -0.05) is 60.7 Å². The van der Waals surface area contributed by atoms with Crippen LogP contribution in [0.15, 0.2) is 72.8 Å². The Morgan fingerprint density at radius 3 is 2.33 bits per heavy atom. The highest BCUT2D eigenvalue weighted by atomic mass is 16.6. The molecule has 6 heteroatoms. The number of rotatable bonds is 5. The number of amides is 2. The lowest BCUT2D eigenvalue weighted by Crippen LogP contribution is -2.47. The third-order valence-corrected chi connectivity index (χ3v) is 5.62. The maximum atomic E-state index is 13.3. The zero-order valence-corrected chi connectivity index (χ0v) is 19.1. The molecule has 6 nitrogen and oxygen atoms in total. The number of ether oxygens (including phenoxy) is 1. The van der Waals surface area contributed by atoms with Crippen LogP contribution in [0.1, 0.15) is 36.7 Å². The van der Waals surface area contributed by atoms with Gasteiger partial charge in [0.2, 0.25) is 5.91 Å². The standard InChI is InChI=1S/C27H28N2O4/c1-27(2,3)33-26(32)22-17-29(16-18-9-5-4-6-10-18)25(31)23(22)28-24(30)21-14-13-19-11-7-8-12-20(19)15-21/h4-15,22-23H,16-17H2,1-3H3,(H,28,30)/t22-,23-/m0/s1. The van der Waals surface area contributed by atoms with Crippen molar-refractivity contribution < 1.29 is 19.1 Å². The van der Waals surface area contributed by atoms with Gasteiger partial charge in [-0.2, -0.15) is 0 Å². The number of hydrogen-bond acceptors (Lipinski definition) is 4. The van der Waals surface area contributed by atoms with Crippen molar-refractivity contribution in [1.29, 1.82) is 0 Å². The molecule has 0 saturated carbocycles. The second-order valence-corrected chi connectivity index (χ2v) is 9.36. The Morgan fingerprint density at radius 2 is 1.64 bits per heavy atom. The molecule has 0 radical (unpaired) electrons. The summed E-state index contributed by atoms with van der Waals surface area (Å²) < 4.78 is 5.57. The van der Waals surface area contributed by atoms with Crippen LogP contribution in [0, 0.1) is 5.92 Å². The first-order valence-corrected chi connectivity index (χ1v) is 11.1. The van der Waals surface area contributed by atoms with Crippen LogP contribution in [-0.4, -0.2) is 40.9 Å². The third-order valence-electron chi connectivity index (χ3n) is 5.62. The van der Waals surface area contributed by atoms with Crippen LogP contribution in [0.4, 0.5) is 0 Å². The van der Waals surface area contributed by atoms with Crippen LogP contribution < -0.4 is 5.32 Å². The van der Waals surface area contributed by atoms with E-state index in [2.05, 4.69) is 5.32 Å². The minimum atomic E-state index is -0.984. The van der Waals surface area contributed by atoms with Crippen LogP contribution in [0.2, 0.25) is 0 Å². The summed E-state index contributed by atoms with van der Waals surface area (Å²) in [7, 11) is 0. The topological polar surface area (TPSA) is 75.7 Å². The highest BCUT2D eigenvalue weighted by molar-refractivity contribution is 6.02. The van der Waals surface area contributed by atoms with Crippen LogP contribution >= 0.6 is 0 Å². The smallest absolute Gasteiger partial charge is 0.313 e. The fourth-order valence-electron chi connectivity index (χ4n) is 4.05. The van der Waals surface area contributed by atoms with Crippen molar-refractivity contribution in [3.8, 4) is 0 Å². The molecule has 3 aromatic carbocycles. The molecule has 3 aromatic rings. The lowest BCUT2D eigenvalue weighted by molar-refractivity contribution is -0.160. The van der Waals surface area contributed by atoms with Crippen molar-refractivity contribution in [2.45, 2.75) is 39.0 Å². The molecular formula is C27H28N2O4. The van der Waals surface area contributed by atoms with Gasteiger partial charge in [0.15, 0.2) is 0 Å². The van der Waals surface area contributed by atoms with Gasteiger partial charge in [0.25, 0.3) is 5.91 Å². The molecule has 0 spiro atoms.